The quantitative estimate of drug-likeness (QED) is 0.132. The number of nitrogens with one attached hydrogen (secondary N) is 2. The highest BCUT2D eigenvalue weighted by Gasteiger charge is 2.45. The third-order valence-electron chi connectivity index (χ3n) is 12.6. The van der Waals surface area contributed by atoms with Gasteiger partial charge in [-0.1, -0.05) is 24.3 Å². The van der Waals surface area contributed by atoms with Crippen molar-refractivity contribution in [2.75, 3.05) is 36.4 Å². The average Bonchev–Trinajstić information content (AvgIpc) is 3.67. The summed E-state index contributed by atoms with van der Waals surface area (Å²) in [5, 5.41) is 16.4. The SMILES string of the molecule is C=CCn1c(=O)c2cnc(Nc3ccc(C4CCN(C5CCN(c6cc7c(cc6F)C(=O)N(C6CCC(=O)NC6=O)C7=O)CC5)CC4)cc3)nc2n1-c1cccc(C(C)(C)O)n1. The van der Waals surface area contributed by atoms with Crippen LogP contribution in [-0.4, -0.2) is 101 Å². The summed E-state index contributed by atoms with van der Waals surface area (Å²) in [6.45, 7) is 10.4. The van der Waals surface area contributed by atoms with Crippen LogP contribution in [0.5, 0.6) is 0 Å². The van der Waals surface area contributed by atoms with E-state index in [1.54, 1.807) is 42.8 Å². The topological polar surface area (TPSA) is 188 Å². The number of amides is 4. The number of allylic oxidation sites excluding steroid dienone is 1. The highest BCUT2D eigenvalue weighted by atomic mass is 19.1. The third kappa shape index (κ3) is 7.44. The van der Waals surface area contributed by atoms with Crippen molar-refractivity contribution < 1.29 is 28.7 Å². The Labute approximate surface area is 356 Å². The fourth-order valence-electron chi connectivity index (χ4n) is 9.25. The third-order valence-corrected chi connectivity index (χ3v) is 12.6. The van der Waals surface area contributed by atoms with Crippen LogP contribution >= 0.6 is 0 Å². The maximum atomic E-state index is 15.5. The maximum absolute atomic E-state index is 15.5. The van der Waals surface area contributed by atoms with Crippen LogP contribution in [0.4, 0.5) is 21.7 Å². The van der Waals surface area contributed by atoms with Crippen molar-refractivity contribution in [3.05, 3.63) is 112 Å². The molecular weight excluding hydrogens is 796 g/mol. The highest BCUT2D eigenvalue weighted by molar-refractivity contribution is 6.23. The molecule has 17 heteroatoms. The molecule has 62 heavy (non-hydrogen) atoms. The standard InChI is InChI=1S/C45H47FN10O6/c1-4-18-54-41(59)32-25-47-44(51-39(32)56(54)37-7-5-6-36(49-37)45(2,3)62)48-28-10-8-26(9-11-28)27-14-19-52(20-15-27)29-16-21-53(22-17-29)35-24-31-30(23-33(35)46)42(60)55(43(31)61)34-12-13-38(57)50-40(34)58/h4-11,23-25,27,29,34,62H,1,12-22H2,2-3H3,(H,47,48,51)(H,50,57,58). The van der Waals surface area contributed by atoms with Crippen molar-refractivity contribution in [3.63, 3.8) is 0 Å². The first kappa shape index (κ1) is 40.8. The van der Waals surface area contributed by atoms with Crippen molar-refractivity contribution in [2.45, 2.75) is 82.5 Å². The molecule has 2 aromatic carbocycles. The summed E-state index contributed by atoms with van der Waals surface area (Å²) >= 11 is 0. The number of halogens is 1. The van der Waals surface area contributed by atoms with Gasteiger partial charge in [0, 0.05) is 37.4 Å². The van der Waals surface area contributed by atoms with E-state index in [0.717, 1.165) is 55.4 Å². The summed E-state index contributed by atoms with van der Waals surface area (Å²) in [4.78, 5) is 83.2. The largest absolute Gasteiger partial charge is 0.384 e. The number of piperidine rings is 3. The molecule has 1 unspecified atom stereocenters. The number of likely N-dealkylation sites (tertiary alicyclic amines) is 1. The monoisotopic (exact) mass is 842 g/mol. The number of nitrogens with zero attached hydrogens (tertiary/aromatic N) is 8. The summed E-state index contributed by atoms with van der Waals surface area (Å²) in [6, 6.07) is 15.3. The second-order valence-corrected chi connectivity index (χ2v) is 16.9. The minimum Gasteiger partial charge on any atom is -0.384 e. The van der Waals surface area contributed by atoms with Gasteiger partial charge in [-0.05, 0) is 107 Å². The molecule has 4 aliphatic heterocycles. The molecule has 4 aliphatic rings. The normalized spacial score (nSPS) is 19.3. The number of carbonyl (C=O) groups excluding carboxylic acids is 4. The Balaban J connectivity index is 0.814. The second kappa shape index (κ2) is 16.0. The number of imide groups is 2. The molecule has 3 aromatic heterocycles. The van der Waals surface area contributed by atoms with Gasteiger partial charge in [0.25, 0.3) is 17.4 Å². The summed E-state index contributed by atoms with van der Waals surface area (Å²) in [6.07, 6.45) is 6.81. The van der Waals surface area contributed by atoms with Gasteiger partial charge < -0.3 is 20.2 Å². The first-order valence-corrected chi connectivity index (χ1v) is 21.0. The lowest BCUT2D eigenvalue weighted by Crippen LogP contribution is -2.54. The number of hydrogen-bond acceptors (Lipinski definition) is 12. The van der Waals surface area contributed by atoms with Gasteiger partial charge in [0.1, 0.15) is 22.8 Å². The molecule has 5 aromatic rings. The Morgan fingerprint density at radius 3 is 2.31 bits per heavy atom. The fraction of sp³-hybridized carbons (Fsp3) is 0.378. The summed E-state index contributed by atoms with van der Waals surface area (Å²) in [7, 11) is 0. The van der Waals surface area contributed by atoms with Crippen LogP contribution in [0.1, 0.15) is 90.3 Å². The van der Waals surface area contributed by atoms with Crippen molar-refractivity contribution in [1.29, 1.82) is 0 Å². The summed E-state index contributed by atoms with van der Waals surface area (Å²) in [5.41, 5.74) is 1.66. The predicted octanol–water partition coefficient (Wildman–Crippen LogP) is 4.52. The van der Waals surface area contributed by atoms with Crippen LogP contribution < -0.4 is 21.1 Å². The van der Waals surface area contributed by atoms with E-state index in [4.69, 9.17) is 4.98 Å². The Hall–Kier alpha value is -6.59. The van der Waals surface area contributed by atoms with Crippen LogP contribution in [-0.2, 0) is 21.7 Å². The molecule has 3 fully saturated rings. The van der Waals surface area contributed by atoms with Crippen LogP contribution in [0.3, 0.4) is 0 Å². The molecule has 7 heterocycles. The second-order valence-electron chi connectivity index (χ2n) is 16.9. The number of aliphatic hydroxyl groups is 1. The molecule has 0 saturated carbocycles. The molecular formula is C45H47FN10O6. The Morgan fingerprint density at radius 2 is 1.63 bits per heavy atom. The van der Waals surface area contributed by atoms with E-state index in [2.05, 4.69) is 44.2 Å². The molecule has 3 saturated heterocycles. The average molecular weight is 843 g/mol. The number of carbonyl (C=O) groups is 4. The first-order chi connectivity index (χ1) is 29.8. The number of hydrogen-bond donors (Lipinski definition) is 3. The molecule has 1 atom stereocenters. The minimum atomic E-state index is -1.19. The van der Waals surface area contributed by atoms with Crippen LogP contribution in [0.15, 0.2) is 78.2 Å². The van der Waals surface area contributed by atoms with Crippen molar-refractivity contribution >= 4 is 52.0 Å². The van der Waals surface area contributed by atoms with E-state index in [0.29, 0.717) is 53.5 Å². The maximum Gasteiger partial charge on any atom is 0.278 e. The number of aromatic nitrogens is 5. The van der Waals surface area contributed by atoms with Gasteiger partial charge in [-0.2, -0.15) is 4.98 Å². The summed E-state index contributed by atoms with van der Waals surface area (Å²) in [5.74, 6) is -1.99. The molecule has 16 nitrogen and oxygen atoms in total. The number of fused-ring (bicyclic) bond motifs is 2. The van der Waals surface area contributed by atoms with Gasteiger partial charge in [-0.25, -0.2) is 23.7 Å². The molecule has 0 radical (unpaired) electrons. The zero-order valence-corrected chi connectivity index (χ0v) is 34.5. The lowest BCUT2D eigenvalue weighted by atomic mass is 9.88. The van der Waals surface area contributed by atoms with Crippen LogP contribution in [0.25, 0.3) is 16.9 Å². The smallest absolute Gasteiger partial charge is 0.278 e. The van der Waals surface area contributed by atoms with Crippen molar-refractivity contribution in [1.82, 2.24) is 39.4 Å². The van der Waals surface area contributed by atoms with Crippen molar-refractivity contribution in [3.8, 4) is 5.82 Å². The van der Waals surface area contributed by atoms with Crippen molar-refractivity contribution in [2.24, 2.45) is 0 Å². The van der Waals surface area contributed by atoms with Gasteiger partial charge in [0.2, 0.25) is 17.8 Å². The highest BCUT2D eigenvalue weighted by Crippen LogP contribution is 2.36. The van der Waals surface area contributed by atoms with Gasteiger partial charge in [-0.3, -0.25) is 34.2 Å². The molecule has 3 N–H and O–H groups in total. The van der Waals surface area contributed by atoms with E-state index >= 15 is 4.39 Å². The lowest BCUT2D eigenvalue weighted by molar-refractivity contribution is -0.136. The van der Waals surface area contributed by atoms with Gasteiger partial charge in [0.05, 0.1) is 29.1 Å². The van der Waals surface area contributed by atoms with Crippen LogP contribution in [0.2, 0.25) is 0 Å². The lowest BCUT2D eigenvalue weighted by Gasteiger charge is -2.42. The molecule has 320 valence electrons. The first-order valence-electron chi connectivity index (χ1n) is 21.0. The van der Waals surface area contributed by atoms with E-state index in [1.165, 1.54) is 22.5 Å². The molecule has 4 amide bonds. The predicted molar refractivity (Wildman–Crippen MR) is 228 cm³/mol. The van der Waals surface area contributed by atoms with E-state index in [1.807, 2.05) is 17.0 Å². The number of rotatable bonds is 10. The molecule has 0 bridgehead atoms. The Morgan fingerprint density at radius 1 is 0.919 bits per heavy atom. The Kier molecular flexibility index (Phi) is 10.5. The molecule has 0 aliphatic carbocycles. The van der Waals surface area contributed by atoms with E-state index in [9.17, 15) is 29.1 Å². The van der Waals surface area contributed by atoms with Crippen LogP contribution in [0, 0.1) is 5.82 Å². The zero-order valence-electron chi connectivity index (χ0n) is 34.5. The van der Waals surface area contributed by atoms with Gasteiger partial charge >= 0.3 is 0 Å². The van der Waals surface area contributed by atoms with Gasteiger partial charge in [0.15, 0.2) is 11.5 Å². The fourth-order valence-corrected chi connectivity index (χ4v) is 9.25. The molecule has 9 rings (SSSR count). The number of benzene rings is 2. The number of pyridine rings is 1. The van der Waals surface area contributed by atoms with E-state index in [-0.39, 0.29) is 41.8 Å². The zero-order chi connectivity index (χ0) is 43.4. The Bertz CT molecular complexity index is 2690. The van der Waals surface area contributed by atoms with E-state index < -0.39 is 41.1 Å². The summed E-state index contributed by atoms with van der Waals surface area (Å²) < 4.78 is 18.7. The molecule has 0 spiro atoms. The van der Waals surface area contributed by atoms with Gasteiger partial charge in [-0.15, -0.1) is 6.58 Å². The number of anilines is 3. The minimum absolute atomic E-state index is 0.0131.